The predicted octanol–water partition coefficient (Wildman–Crippen LogP) is 7.01. The molecule has 0 fully saturated rings. The van der Waals surface area contributed by atoms with Gasteiger partial charge in [0.15, 0.2) is 5.75 Å². The number of nitrogens with zero attached hydrogens (tertiary/aromatic N) is 1. The highest BCUT2D eigenvalue weighted by Crippen LogP contribution is 2.37. The number of oxime groups is 1. The lowest BCUT2D eigenvalue weighted by molar-refractivity contribution is 0.0770. The van der Waals surface area contributed by atoms with Crippen LogP contribution in [-0.2, 0) is 9.57 Å². The topological polar surface area (TPSA) is 49.3 Å². The summed E-state index contributed by atoms with van der Waals surface area (Å²) in [6.07, 6.45) is 2.96. The van der Waals surface area contributed by atoms with Crippen LogP contribution in [0, 0.1) is 0 Å². The SMILES string of the molecule is CC(=NOC(C)C)OCCCC(C)Oc1c(Cl)cc(OCC=C(Cl)Cl)cc1Cl. The van der Waals surface area contributed by atoms with Crippen LogP contribution in [0.2, 0.25) is 10.0 Å². The Morgan fingerprint density at radius 3 is 2.36 bits per heavy atom. The third-order valence-corrected chi connectivity index (χ3v) is 4.11. The lowest BCUT2D eigenvalue weighted by atomic mass is 10.2. The lowest BCUT2D eigenvalue weighted by Crippen LogP contribution is -2.14. The number of ether oxygens (including phenoxy) is 3. The van der Waals surface area contributed by atoms with Gasteiger partial charge >= 0.3 is 0 Å². The molecular formula is C19H25Cl4NO4. The Morgan fingerprint density at radius 2 is 1.79 bits per heavy atom. The Bertz CT molecular complexity index is 653. The normalized spacial score (nSPS) is 12.5. The molecule has 158 valence electrons. The molecule has 0 heterocycles. The van der Waals surface area contributed by atoms with Crippen molar-refractivity contribution in [2.24, 2.45) is 5.16 Å². The first-order valence-electron chi connectivity index (χ1n) is 8.82. The molecule has 0 aliphatic rings. The highest BCUT2D eigenvalue weighted by molar-refractivity contribution is 6.55. The molecule has 0 radical (unpaired) electrons. The third kappa shape index (κ3) is 10.5. The Labute approximate surface area is 186 Å². The molecule has 0 spiro atoms. The summed E-state index contributed by atoms with van der Waals surface area (Å²) in [4.78, 5) is 5.12. The van der Waals surface area contributed by atoms with Crippen LogP contribution in [0.25, 0.3) is 0 Å². The first kappa shape index (κ1) is 25.0. The van der Waals surface area contributed by atoms with Crippen molar-refractivity contribution in [3.05, 3.63) is 32.7 Å². The zero-order chi connectivity index (χ0) is 21.1. The minimum absolute atomic E-state index is 0.0212. The number of hydrogen-bond acceptors (Lipinski definition) is 5. The summed E-state index contributed by atoms with van der Waals surface area (Å²) in [7, 11) is 0. The molecule has 0 N–H and O–H groups in total. The average Bonchev–Trinajstić information content (AvgIpc) is 2.59. The molecule has 0 aliphatic heterocycles. The Hall–Kier alpha value is -1.01. The number of hydrogen-bond donors (Lipinski definition) is 0. The van der Waals surface area contributed by atoms with Crippen molar-refractivity contribution in [2.45, 2.75) is 52.7 Å². The van der Waals surface area contributed by atoms with Crippen molar-refractivity contribution in [3.63, 3.8) is 0 Å². The summed E-state index contributed by atoms with van der Waals surface area (Å²) in [5.41, 5.74) is 0. The van der Waals surface area contributed by atoms with Crippen molar-refractivity contribution in [1.29, 1.82) is 0 Å². The number of halogens is 4. The monoisotopic (exact) mass is 471 g/mol. The fourth-order valence-corrected chi connectivity index (χ4v) is 2.67. The first-order chi connectivity index (χ1) is 13.2. The van der Waals surface area contributed by atoms with E-state index in [1.165, 1.54) is 6.08 Å². The third-order valence-electron chi connectivity index (χ3n) is 3.24. The maximum absolute atomic E-state index is 6.27. The minimum Gasteiger partial charge on any atom is -0.489 e. The maximum Gasteiger partial charge on any atom is 0.222 e. The minimum atomic E-state index is -0.104. The van der Waals surface area contributed by atoms with Gasteiger partial charge in [-0.1, -0.05) is 51.6 Å². The highest BCUT2D eigenvalue weighted by atomic mass is 35.5. The van der Waals surface area contributed by atoms with E-state index in [0.717, 1.165) is 12.8 Å². The van der Waals surface area contributed by atoms with Crippen LogP contribution in [-0.4, -0.2) is 31.3 Å². The second-order valence-corrected chi connectivity index (χ2v) is 8.03. The molecule has 0 saturated carbocycles. The van der Waals surface area contributed by atoms with Gasteiger partial charge in [-0.15, -0.1) is 0 Å². The van der Waals surface area contributed by atoms with E-state index in [0.29, 0.717) is 34.0 Å². The summed E-state index contributed by atoms with van der Waals surface area (Å²) in [6.45, 7) is 8.20. The van der Waals surface area contributed by atoms with E-state index in [4.69, 9.17) is 65.5 Å². The van der Waals surface area contributed by atoms with E-state index in [1.807, 2.05) is 20.8 Å². The van der Waals surface area contributed by atoms with E-state index in [-0.39, 0.29) is 23.3 Å². The Morgan fingerprint density at radius 1 is 1.14 bits per heavy atom. The van der Waals surface area contributed by atoms with Gasteiger partial charge in [-0.3, -0.25) is 0 Å². The van der Waals surface area contributed by atoms with Crippen LogP contribution in [0.5, 0.6) is 11.5 Å². The molecule has 5 nitrogen and oxygen atoms in total. The van der Waals surface area contributed by atoms with Gasteiger partial charge in [-0.2, -0.15) is 0 Å². The van der Waals surface area contributed by atoms with Gasteiger partial charge in [0.1, 0.15) is 23.0 Å². The number of benzene rings is 1. The van der Waals surface area contributed by atoms with Crippen molar-refractivity contribution < 1.29 is 19.0 Å². The molecule has 0 bridgehead atoms. The molecular weight excluding hydrogens is 448 g/mol. The smallest absolute Gasteiger partial charge is 0.222 e. The van der Waals surface area contributed by atoms with Gasteiger partial charge in [0, 0.05) is 19.1 Å². The molecule has 28 heavy (non-hydrogen) atoms. The second-order valence-electron chi connectivity index (χ2n) is 6.20. The average molecular weight is 473 g/mol. The molecule has 0 aliphatic carbocycles. The van der Waals surface area contributed by atoms with Crippen molar-refractivity contribution >= 4 is 52.3 Å². The van der Waals surface area contributed by atoms with Crippen LogP contribution in [0.15, 0.2) is 27.9 Å². The Balaban J connectivity index is 2.47. The van der Waals surface area contributed by atoms with Crippen molar-refractivity contribution in [2.75, 3.05) is 13.2 Å². The van der Waals surface area contributed by atoms with E-state index >= 15 is 0 Å². The molecule has 0 aromatic heterocycles. The molecule has 1 aromatic rings. The van der Waals surface area contributed by atoms with Crippen LogP contribution < -0.4 is 9.47 Å². The standard InChI is InChI=1S/C19H25Cl4NO4/c1-12(2)28-24-14(4)25-8-5-6-13(3)27-19-16(20)10-15(11-17(19)21)26-9-7-18(22)23/h7,10-13H,5-6,8-9H2,1-4H3. The molecule has 9 heteroatoms. The Kier molecular flexibility index (Phi) is 11.8. The van der Waals surface area contributed by atoms with Gasteiger partial charge in [-0.25, -0.2) is 0 Å². The lowest BCUT2D eigenvalue weighted by Gasteiger charge is -2.18. The predicted molar refractivity (Wildman–Crippen MR) is 116 cm³/mol. The van der Waals surface area contributed by atoms with E-state index in [2.05, 4.69) is 5.16 Å². The summed E-state index contributed by atoms with van der Waals surface area (Å²) < 4.78 is 17.0. The highest BCUT2D eigenvalue weighted by Gasteiger charge is 2.14. The molecule has 0 saturated heterocycles. The maximum atomic E-state index is 6.27. The molecule has 0 amide bonds. The van der Waals surface area contributed by atoms with E-state index < -0.39 is 0 Å². The zero-order valence-corrected chi connectivity index (χ0v) is 19.3. The van der Waals surface area contributed by atoms with Gasteiger partial charge in [0.25, 0.3) is 0 Å². The van der Waals surface area contributed by atoms with Crippen LogP contribution >= 0.6 is 46.4 Å². The first-order valence-corrected chi connectivity index (χ1v) is 10.3. The fourth-order valence-electron chi connectivity index (χ4n) is 1.99. The number of rotatable bonds is 11. The van der Waals surface area contributed by atoms with Gasteiger partial charge in [0.2, 0.25) is 5.90 Å². The van der Waals surface area contributed by atoms with Crippen LogP contribution in [0.4, 0.5) is 0 Å². The van der Waals surface area contributed by atoms with Crippen molar-refractivity contribution in [1.82, 2.24) is 0 Å². The van der Waals surface area contributed by atoms with Crippen LogP contribution in [0.3, 0.4) is 0 Å². The molecule has 1 unspecified atom stereocenters. The van der Waals surface area contributed by atoms with E-state index in [9.17, 15) is 0 Å². The van der Waals surface area contributed by atoms with Gasteiger partial charge < -0.3 is 19.0 Å². The van der Waals surface area contributed by atoms with Crippen LogP contribution in [0.1, 0.15) is 40.5 Å². The fraction of sp³-hybridized carbons (Fsp3) is 0.526. The van der Waals surface area contributed by atoms with Gasteiger partial charge in [0.05, 0.1) is 22.8 Å². The second kappa shape index (κ2) is 13.3. The quantitative estimate of drug-likeness (QED) is 0.150. The van der Waals surface area contributed by atoms with Gasteiger partial charge in [-0.05, 0) is 39.7 Å². The summed E-state index contributed by atoms with van der Waals surface area (Å²) in [5, 5.41) is 4.59. The van der Waals surface area contributed by atoms with E-state index in [1.54, 1.807) is 19.1 Å². The summed E-state index contributed by atoms with van der Waals surface area (Å²) >= 11 is 23.6. The zero-order valence-electron chi connectivity index (χ0n) is 16.3. The molecule has 1 rings (SSSR count). The summed E-state index contributed by atoms with van der Waals surface area (Å²) in [5.74, 6) is 1.40. The largest absolute Gasteiger partial charge is 0.489 e. The van der Waals surface area contributed by atoms with Crippen molar-refractivity contribution in [3.8, 4) is 11.5 Å². The summed E-state index contributed by atoms with van der Waals surface area (Å²) in [6, 6.07) is 3.26. The molecule has 1 atom stereocenters. The molecule has 1 aromatic carbocycles.